The Morgan fingerprint density at radius 1 is 1.20 bits per heavy atom. The fraction of sp³-hybridized carbons (Fsp3) is 1.00. The fourth-order valence-corrected chi connectivity index (χ4v) is 3.38. The maximum atomic E-state index is 5.56. The van der Waals surface area contributed by atoms with Crippen LogP contribution in [-0.4, -0.2) is 47.4 Å². The number of nitrogens with two attached hydrogens (primary N) is 1. The largest absolute Gasteiger partial charge is 0.357 e. The van der Waals surface area contributed by atoms with Crippen molar-refractivity contribution in [3.05, 3.63) is 0 Å². The summed E-state index contributed by atoms with van der Waals surface area (Å²) in [6, 6.07) is 0. The van der Waals surface area contributed by atoms with Gasteiger partial charge in [0.05, 0.1) is 0 Å². The predicted molar refractivity (Wildman–Crippen MR) is 66.7 cm³/mol. The topological polar surface area (TPSA) is 56.5 Å². The van der Waals surface area contributed by atoms with E-state index in [1.54, 1.807) is 0 Å². The van der Waals surface area contributed by atoms with Gasteiger partial charge in [-0.1, -0.05) is 6.92 Å². The number of rotatable bonds is 10. The minimum absolute atomic E-state index is 0.0511. The molecule has 5 heteroatoms. The van der Waals surface area contributed by atoms with Crippen LogP contribution in [0.1, 0.15) is 27.2 Å². The van der Waals surface area contributed by atoms with Crippen LogP contribution in [0, 0.1) is 0 Å². The lowest BCUT2D eigenvalue weighted by molar-refractivity contribution is -0.0835. The van der Waals surface area contributed by atoms with E-state index in [2.05, 4.69) is 12.2 Å². The summed E-state index contributed by atoms with van der Waals surface area (Å²) in [6.07, 6.45) is 1.13. The molecule has 0 aliphatic heterocycles. The van der Waals surface area contributed by atoms with Gasteiger partial charge >= 0.3 is 0 Å². The molecule has 15 heavy (non-hydrogen) atoms. The number of ether oxygens (including phenoxy) is 2. The summed E-state index contributed by atoms with van der Waals surface area (Å²) >= 11 is 0. The van der Waals surface area contributed by atoms with E-state index in [4.69, 9.17) is 15.2 Å². The molecular formula is C10H26N2O2Si. The first kappa shape index (κ1) is 15.1. The normalized spacial score (nSPS) is 14.2. The molecule has 0 saturated heterocycles. The van der Waals surface area contributed by atoms with Crippen LogP contribution < -0.4 is 11.1 Å². The van der Waals surface area contributed by atoms with Gasteiger partial charge in [0.25, 0.3) is 0 Å². The molecule has 0 aromatic heterocycles. The van der Waals surface area contributed by atoms with Crippen LogP contribution in [0.15, 0.2) is 0 Å². The molecule has 0 saturated carbocycles. The quantitative estimate of drug-likeness (QED) is 0.406. The second-order valence-corrected chi connectivity index (χ2v) is 5.55. The van der Waals surface area contributed by atoms with Gasteiger partial charge in [-0.25, -0.2) is 0 Å². The van der Waals surface area contributed by atoms with E-state index in [-0.39, 0.29) is 5.91 Å². The molecule has 0 radical (unpaired) electrons. The van der Waals surface area contributed by atoms with Gasteiger partial charge in [0.15, 0.2) is 0 Å². The average Bonchev–Trinajstić information content (AvgIpc) is 2.24. The standard InChI is InChI=1S/C10H26N2O2Si/c1-4-9(12-8-7-11)15-10(13-5-2)14-6-3/h9-10,12H,4-8,11,15H2,1-3H3. The Morgan fingerprint density at radius 2 is 1.80 bits per heavy atom. The first-order valence-electron chi connectivity index (χ1n) is 5.95. The number of hydrogen-bond acceptors (Lipinski definition) is 4. The molecule has 0 heterocycles. The Balaban J connectivity index is 3.85. The molecule has 0 fully saturated rings. The van der Waals surface area contributed by atoms with Crippen molar-refractivity contribution in [2.75, 3.05) is 26.3 Å². The van der Waals surface area contributed by atoms with Crippen molar-refractivity contribution in [3.63, 3.8) is 0 Å². The van der Waals surface area contributed by atoms with Gasteiger partial charge in [0, 0.05) is 26.3 Å². The number of hydrogen-bond donors (Lipinski definition) is 2. The van der Waals surface area contributed by atoms with Crippen LogP contribution >= 0.6 is 0 Å². The van der Waals surface area contributed by atoms with E-state index in [1.165, 1.54) is 0 Å². The molecule has 0 spiro atoms. The monoisotopic (exact) mass is 234 g/mol. The minimum Gasteiger partial charge on any atom is -0.357 e. The van der Waals surface area contributed by atoms with Crippen molar-refractivity contribution in [1.29, 1.82) is 0 Å². The van der Waals surface area contributed by atoms with E-state index in [0.717, 1.165) is 26.2 Å². The third-order valence-corrected chi connectivity index (χ3v) is 4.54. The summed E-state index contributed by atoms with van der Waals surface area (Å²) in [6.45, 7) is 9.24. The first-order chi connectivity index (χ1) is 7.28. The van der Waals surface area contributed by atoms with E-state index in [9.17, 15) is 0 Å². The molecule has 0 bridgehead atoms. The molecule has 3 N–H and O–H groups in total. The second kappa shape index (κ2) is 10.6. The van der Waals surface area contributed by atoms with Gasteiger partial charge in [-0.3, -0.25) is 0 Å². The molecule has 0 aliphatic rings. The summed E-state index contributed by atoms with van der Waals surface area (Å²) in [7, 11) is -0.414. The molecule has 4 nitrogen and oxygen atoms in total. The summed E-state index contributed by atoms with van der Waals surface area (Å²) in [5.41, 5.74) is 6.04. The highest BCUT2D eigenvalue weighted by molar-refractivity contribution is 6.38. The van der Waals surface area contributed by atoms with Crippen LogP contribution in [-0.2, 0) is 9.47 Å². The zero-order chi connectivity index (χ0) is 11.5. The molecular weight excluding hydrogens is 208 g/mol. The summed E-state index contributed by atoms with van der Waals surface area (Å²) in [5.74, 6) is 0.0511. The minimum atomic E-state index is -0.414. The van der Waals surface area contributed by atoms with Gasteiger partial charge in [-0.15, -0.1) is 0 Å². The SMILES string of the molecule is CCOC(OCC)[SiH2]C(CC)NCCN. The molecule has 0 aromatic carbocycles. The van der Waals surface area contributed by atoms with Crippen LogP contribution in [0.3, 0.4) is 0 Å². The Hall–Kier alpha value is 0.0569. The van der Waals surface area contributed by atoms with Gasteiger partial charge in [0.2, 0.25) is 0 Å². The molecule has 1 atom stereocenters. The zero-order valence-electron chi connectivity index (χ0n) is 10.3. The van der Waals surface area contributed by atoms with E-state index in [1.807, 2.05) is 13.8 Å². The second-order valence-electron chi connectivity index (χ2n) is 3.42. The molecule has 0 amide bonds. The Kier molecular flexibility index (Phi) is 10.6. The van der Waals surface area contributed by atoms with Crippen molar-refractivity contribution in [2.45, 2.75) is 38.8 Å². The first-order valence-corrected chi connectivity index (χ1v) is 7.58. The van der Waals surface area contributed by atoms with Gasteiger partial charge < -0.3 is 20.5 Å². The third kappa shape index (κ3) is 7.93. The van der Waals surface area contributed by atoms with Gasteiger partial charge in [-0.05, 0) is 25.9 Å². The number of nitrogens with one attached hydrogen (secondary N) is 1. The lowest BCUT2D eigenvalue weighted by Crippen LogP contribution is -2.43. The highest BCUT2D eigenvalue weighted by Crippen LogP contribution is 1.98. The van der Waals surface area contributed by atoms with Crippen molar-refractivity contribution in [1.82, 2.24) is 5.32 Å². The van der Waals surface area contributed by atoms with Crippen molar-refractivity contribution in [3.8, 4) is 0 Å². The predicted octanol–water partition coefficient (Wildman–Crippen LogP) is -0.204. The van der Waals surface area contributed by atoms with Crippen molar-refractivity contribution >= 4 is 9.52 Å². The lowest BCUT2D eigenvalue weighted by atomic mass is 10.4. The van der Waals surface area contributed by atoms with E-state index >= 15 is 0 Å². The third-order valence-electron chi connectivity index (χ3n) is 2.25. The summed E-state index contributed by atoms with van der Waals surface area (Å²) in [5, 5.41) is 3.44. The highest BCUT2D eigenvalue weighted by Gasteiger charge is 2.15. The highest BCUT2D eigenvalue weighted by atomic mass is 28.2. The van der Waals surface area contributed by atoms with E-state index < -0.39 is 9.52 Å². The van der Waals surface area contributed by atoms with Crippen LogP contribution in [0.2, 0.25) is 0 Å². The van der Waals surface area contributed by atoms with Crippen LogP contribution in [0.25, 0.3) is 0 Å². The van der Waals surface area contributed by atoms with Crippen molar-refractivity contribution < 1.29 is 9.47 Å². The molecule has 1 unspecified atom stereocenters. The van der Waals surface area contributed by atoms with Crippen LogP contribution in [0.5, 0.6) is 0 Å². The smallest absolute Gasteiger partial charge is 0.136 e. The fourth-order valence-electron chi connectivity index (χ4n) is 1.47. The Morgan fingerprint density at radius 3 is 2.20 bits per heavy atom. The lowest BCUT2D eigenvalue weighted by Gasteiger charge is -2.22. The van der Waals surface area contributed by atoms with Gasteiger partial charge in [0.1, 0.15) is 15.4 Å². The molecule has 92 valence electrons. The summed E-state index contributed by atoms with van der Waals surface area (Å²) in [4.78, 5) is 0. The van der Waals surface area contributed by atoms with Gasteiger partial charge in [-0.2, -0.15) is 0 Å². The Labute approximate surface area is 95.7 Å². The summed E-state index contributed by atoms with van der Waals surface area (Å²) < 4.78 is 11.1. The zero-order valence-corrected chi connectivity index (χ0v) is 11.7. The maximum absolute atomic E-state index is 5.56. The molecule has 0 aromatic rings. The molecule has 0 aliphatic carbocycles. The Bertz CT molecular complexity index is 133. The average molecular weight is 234 g/mol. The molecule has 0 rings (SSSR count). The maximum Gasteiger partial charge on any atom is 0.136 e. The van der Waals surface area contributed by atoms with Crippen molar-refractivity contribution in [2.24, 2.45) is 5.73 Å². The van der Waals surface area contributed by atoms with E-state index in [0.29, 0.717) is 12.2 Å². The van der Waals surface area contributed by atoms with Crippen LogP contribution in [0.4, 0.5) is 0 Å².